The summed E-state index contributed by atoms with van der Waals surface area (Å²) in [6, 6.07) is 14.2. The van der Waals surface area contributed by atoms with Gasteiger partial charge in [-0.25, -0.2) is 0 Å². The smallest absolute Gasteiger partial charge is 0.124 e. The molecule has 1 aromatic heterocycles. The summed E-state index contributed by atoms with van der Waals surface area (Å²) in [5.74, 6) is 0.865. The molecule has 0 aliphatic heterocycles. The summed E-state index contributed by atoms with van der Waals surface area (Å²) in [4.78, 5) is 0. The summed E-state index contributed by atoms with van der Waals surface area (Å²) >= 11 is 0. The third kappa shape index (κ3) is 2.44. The van der Waals surface area contributed by atoms with Crippen LogP contribution in [0.15, 0.2) is 36.4 Å². The van der Waals surface area contributed by atoms with E-state index in [9.17, 15) is 0 Å². The predicted octanol–water partition coefficient (Wildman–Crippen LogP) is 4.20. The topological polar surface area (TPSA) is 61.7 Å². The number of nitriles is 1. The minimum atomic E-state index is 0.0520. The predicted molar refractivity (Wildman–Crippen MR) is 88.3 cm³/mol. The second kappa shape index (κ2) is 5.44. The molecule has 0 radical (unpaired) electrons. The number of benzene rings is 2. The van der Waals surface area contributed by atoms with Gasteiger partial charge in [0.2, 0.25) is 0 Å². The molecule has 0 amide bonds. The van der Waals surface area contributed by atoms with Gasteiger partial charge in [-0.1, -0.05) is 6.07 Å². The molecule has 4 heteroatoms. The molecule has 1 atom stereocenters. The summed E-state index contributed by atoms with van der Waals surface area (Å²) in [5, 5.41) is 17.4. The number of hydrogen-bond acceptors (Lipinski definition) is 3. The number of hydrogen-bond donors (Lipinski definition) is 1. The molecule has 0 spiro atoms. The second-order valence-corrected chi connectivity index (χ2v) is 6.04. The largest absolute Gasteiger partial charge is 0.486 e. The molecule has 2 aromatic carbocycles. The summed E-state index contributed by atoms with van der Waals surface area (Å²) in [6.45, 7) is 1.99. The normalized spacial score (nSPS) is 16.8. The lowest BCUT2D eigenvalue weighted by Crippen LogP contribution is -2.15. The third-order valence-corrected chi connectivity index (χ3v) is 4.53. The van der Waals surface area contributed by atoms with Gasteiger partial charge in [-0.15, -0.1) is 0 Å². The molecule has 114 valence electrons. The molecule has 1 aliphatic carbocycles. The monoisotopic (exact) mass is 303 g/mol. The van der Waals surface area contributed by atoms with Gasteiger partial charge in [0.05, 0.1) is 22.8 Å². The quantitative estimate of drug-likeness (QED) is 0.771. The van der Waals surface area contributed by atoms with Gasteiger partial charge in [-0.3, -0.25) is 5.10 Å². The number of aromatic nitrogens is 2. The molecule has 0 unspecified atom stereocenters. The first kappa shape index (κ1) is 13.8. The van der Waals surface area contributed by atoms with Crippen molar-refractivity contribution in [2.24, 2.45) is 0 Å². The Bertz CT molecular complexity index is 920. The van der Waals surface area contributed by atoms with Crippen LogP contribution in [-0.2, 0) is 6.42 Å². The Labute approximate surface area is 134 Å². The molecule has 4 nitrogen and oxygen atoms in total. The fraction of sp³-hybridized carbons (Fsp3) is 0.263. The zero-order valence-electron chi connectivity index (χ0n) is 13.0. The molecule has 3 aromatic rings. The summed E-state index contributed by atoms with van der Waals surface area (Å²) < 4.78 is 6.26. The first-order chi connectivity index (χ1) is 11.2. The van der Waals surface area contributed by atoms with Crippen molar-refractivity contribution in [1.82, 2.24) is 10.2 Å². The Hall–Kier alpha value is -2.80. The fourth-order valence-electron chi connectivity index (χ4n) is 3.32. The Balaban J connectivity index is 1.66. The highest BCUT2D eigenvalue weighted by Crippen LogP contribution is 2.35. The van der Waals surface area contributed by atoms with Crippen LogP contribution in [0.25, 0.3) is 10.9 Å². The molecule has 1 N–H and O–H groups in total. The second-order valence-electron chi connectivity index (χ2n) is 6.04. The lowest BCUT2D eigenvalue weighted by atomic mass is 9.88. The van der Waals surface area contributed by atoms with E-state index in [1.807, 2.05) is 43.3 Å². The molecule has 0 saturated carbocycles. The van der Waals surface area contributed by atoms with Crippen LogP contribution in [-0.4, -0.2) is 10.2 Å². The molecule has 0 bridgehead atoms. The fourth-order valence-corrected chi connectivity index (χ4v) is 3.32. The number of aromatic amines is 1. The van der Waals surface area contributed by atoms with E-state index in [-0.39, 0.29) is 6.10 Å². The van der Waals surface area contributed by atoms with E-state index in [2.05, 4.69) is 16.3 Å². The van der Waals surface area contributed by atoms with E-state index in [0.717, 1.165) is 47.2 Å². The Morgan fingerprint density at radius 1 is 1.26 bits per heavy atom. The van der Waals surface area contributed by atoms with E-state index >= 15 is 0 Å². The number of H-pyrrole nitrogens is 1. The van der Waals surface area contributed by atoms with E-state index in [0.29, 0.717) is 0 Å². The maximum atomic E-state index is 9.06. The standard InChI is InChI=1S/C19H17N3O/c1-12-17-10-15(6-8-18(17)22-21-12)23-19-4-2-3-14-9-13(11-20)5-7-16(14)19/h5-10,19H,2-4H2,1H3,(H,21,22)/t19-/m0/s1. The number of nitrogens with zero attached hydrogens (tertiary/aromatic N) is 2. The van der Waals surface area contributed by atoms with Crippen LogP contribution >= 0.6 is 0 Å². The van der Waals surface area contributed by atoms with Crippen LogP contribution in [0.1, 0.15) is 41.3 Å². The van der Waals surface area contributed by atoms with E-state index in [1.165, 1.54) is 11.1 Å². The highest BCUT2D eigenvalue weighted by molar-refractivity contribution is 5.82. The molecule has 4 rings (SSSR count). The molecule has 0 fully saturated rings. The average Bonchev–Trinajstić information content (AvgIpc) is 2.95. The zero-order chi connectivity index (χ0) is 15.8. The maximum absolute atomic E-state index is 9.06. The van der Waals surface area contributed by atoms with Gasteiger partial charge in [-0.2, -0.15) is 10.4 Å². The number of aryl methyl sites for hydroxylation is 2. The van der Waals surface area contributed by atoms with Crippen LogP contribution in [0.3, 0.4) is 0 Å². The molecule has 0 saturated heterocycles. The minimum absolute atomic E-state index is 0.0520. The van der Waals surface area contributed by atoms with E-state index in [1.54, 1.807) is 0 Å². The molecule has 23 heavy (non-hydrogen) atoms. The van der Waals surface area contributed by atoms with Gasteiger partial charge in [0.1, 0.15) is 11.9 Å². The van der Waals surface area contributed by atoms with Crippen molar-refractivity contribution in [1.29, 1.82) is 5.26 Å². The van der Waals surface area contributed by atoms with Gasteiger partial charge >= 0.3 is 0 Å². The number of fused-ring (bicyclic) bond motifs is 2. The van der Waals surface area contributed by atoms with Crippen LogP contribution < -0.4 is 4.74 Å². The van der Waals surface area contributed by atoms with Gasteiger partial charge < -0.3 is 4.74 Å². The van der Waals surface area contributed by atoms with Crippen molar-refractivity contribution in [2.45, 2.75) is 32.3 Å². The minimum Gasteiger partial charge on any atom is -0.486 e. The van der Waals surface area contributed by atoms with Crippen molar-refractivity contribution in [3.63, 3.8) is 0 Å². The lowest BCUT2D eigenvalue weighted by molar-refractivity contribution is 0.183. The van der Waals surface area contributed by atoms with Crippen molar-refractivity contribution >= 4 is 10.9 Å². The number of rotatable bonds is 2. The van der Waals surface area contributed by atoms with Crippen molar-refractivity contribution in [3.8, 4) is 11.8 Å². The first-order valence-corrected chi connectivity index (χ1v) is 7.89. The van der Waals surface area contributed by atoms with Gasteiger partial charge in [0, 0.05) is 5.39 Å². The van der Waals surface area contributed by atoms with Gasteiger partial charge in [0.25, 0.3) is 0 Å². The van der Waals surface area contributed by atoms with Gasteiger partial charge in [0.15, 0.2) is 0 Å². The number of ether oxygens (including phenoxy) is 1. The average molecular weight is 303 g/mol. The summed E-state index contributed by atoms with van der Waals surface area (Å²) in [5.41, 5.74) is 5.17. The Morgan fingerprint density at radius 2 is 2.17 bits per heavy atom. The highest BCUT2D eigenvalue weighted by atomic mass is 16.5. The zero-order valence-corrected chi connectivity index (χ0v) is 13.0. The number of nitrogens with one attached hydrogen (secondary N) is 1. The summed E-state index contributed by atoms with van der Waals surface area (Å²) in [6.07, 6.45) is 3.15. The van der Waals surface area contributed by atoms with Crippen molar-refractivity contribution in [3.05, 3.63) is 58.8 Å². The van der Waals surface area contributed by atoms with E-state index < -0.39 is 0 Å². The van der Waals surface area contributed by atoms with Crippen molar-refractivity contribution in [2.75, 3.05) is 0 Å². The molecule has 1 heterocycles. The van der Waals surface area contributed by atoms with E-state index in [4.69, 9.17) is 10.00 Å². The maximum Gasteiger partial charge on any atom is 0.124 e. The molecule has 1 aliphatic rings. The Kier molecular flexibility index (Phi) is 3.27. The summed E-state index contributed by atoms with van der Waals surface area (Å²) in [7, 11) is 0. The molecular formula is C19H17N3O. The SMILES string of the molecule is Cc1n[nH]c2ccc(O[C@H]3CCCc4cc(C#N)ccc43)cc12. The van der Waals surface area contributed by atoms with Crippen molar-refractivity contribution < 1.29 is 4.74 Å². The van der Waals surface area contributed by atoms with Crippen LogP contribution in [0.2, 0.25) is 0 Å². The van der Waals surface area contributed by atoms with Crippen LogP contribution in [0.4, 0.5) is 0 Å². The third-order valence-electron chi connectivity index (χ3n) is 4.53. The molecular weight excluding hydrogens is 286 g/mol. The lowest BCUT2D eigenvalue weighted by Gasteiger charge is -2.26. The first-order valence-electron chi connectivity index (χ1n) is 7.89. The van der Waals surface area contributed by atoms with Crippen LogP contribution in [0, 0.1) is 18.3 Å². The van der Waals surface area contributed by atoms with Gasteiger partial charge in [-0.05, 0) is 67.6 Å². The highest BCUT2D eigenvalue weighted by Gasteiger charge is 2.22. The Morgan fingerprint density at radius 3 is 3.04 bits per heavy atom. The van der Waals surface area contributed by atoms with Crippen LogP contribution in [0.5, 0.6) is 5.75 Å².